The van der Waals surface area contributed by atoms with Crippen LogP contribution in [0.5, 0.6) is 11.5 Å². The van der Waals surface area contributed by atoms with Crippen LogP contribution in [0.2, 0.25) is 0 Å². The number of nitrogens with one attached hydrogen (secondary N) is 1. The highest BCUT2D eigenvalue weighted by Gasteiger charge is 2.22. The highest BCUT2D eigenvalue weighted by Crippen LogP contribution is 2.37. The number of rotatable bonds is 5. The van der Waals surface area contributed by atoms with E-state index < -0.39 is 18.5 Å². The van der Waals surface area contributed by atoms with E-state index in [1.54, 1.807) is 19.1 Å². The van der Waals surface area contributed by atoms with Gasteiger partial charge in [0.05, 0.1) is 5.69 Å². The number of carbonyl (C=O) groups excluding carboxylic acids is 3. The monoisotopic (exact) mass is 395 g/mol. The van der Waals surface area contributed by atoms with Gasteiger partial charge >= 0.3 is 5.97 Å². The molecule has 0 atom stereocenters. The summed E-state index contributed by atoms with van der Waals surface area (Å²) in [6, 6.07) is 10.2. The molecule has 8 heteroatoms. The molecule has 0 spiro atoms. The van der Waals surface area contributed by atoms with Crippen molar-refractivity contribution in [3.8, 4) is 11.5 Å². The summed E-state index contributed by atoms with van der Waals surface area (Å²) in [6.07, 6.45) is 0. The molecule has 29 heavy (non-hydrogen) atoms. The Morgan fingerprint density at radius 3 is 2.55 bits per heavy atom. The average Bonchev–Trinajstić information content (AvgIpc) is 3.29. The summed E-state index contributed by atoms with van der Waals surface area (Å²) in [5.41, 5.74) is 1.72. The van der Waals surface area contributed by atoms with Gasteiger partial charge in [-0.2, -0.15) is 0 Å². The van der Waals surface area contributed by atoms with Gasteiger partial charge in [0.2, 0.25) is 12.6 Å². The van der Waals surface area contributed by atoms with Crippen LogP contribution >= 0.6 is 0 Å². The molecule has 148 valence electrons. The summed E-state index contributed by atoms with van der Waals surface area (Å²) >= 11 is 0. The van der Waals surface area contributed by atoms with Crippen LogP contribution in [0.15, 0.2) is 40.8 Å². The molecule has 2 aromatic carbocycles. The van der Waals surface area contributed by atoms with Crippen LogP contribution in [0.1, 0.15) is 33.4 Å². The lowest BCUT2D eigenvalue weighted by atomic mass is 10.1. The lowest BCUT2D eigenvalue weighted by molar-refractivity contribution is -0.119. The summed E-state index contributed by atoms with van der Waals surface area (Å²) < 4.78 is 21.1. The Bertz CT molecular complexity index is 1150. The molecule has 8 nitrogen and oxygen atoms in total. The van der Waals surface area contributed by atoms with Crippen LogP contribution in [0.25, 0.3) is 11.0 Å². The van der Waals surface area contributed by atoms with E-state index in [9.17, 15) is 14.4 Å². The highest BCUT2D eigenvalue weighted by molar-refractivity contribution is 6.05. The van der Waals surface area contributed by atoms with Crippen LogP contribution in [0, 0.1) is 6.92 Å². The maximum absolute atomic E-state index is 12.3. The molecular weight excluding hydrogens is 378 g/mol. The fourth-order valence-corrected chi connectivity index (χ4v) is 3.09. The maximum Gasteiger partial charge on any atom is 0.375 e. The SMILES string of the molecule is CC(=O)c1cc2c(cc1NC(=O)COC(=O)c1oc3ccccc3c1C)OCO2. The Labute approximate surface area is 165 Å². The number of Topliss-reactive ketones (excluding diaryl/α,β-unsaturated/α-hetero) is 1. The number of benzene rings is 2. The van der Waals surface area contributed by atoms with Crippen LogP contribution < -0.4 is 14.8 Å². The normalized spacial score (nSPS) is 12.1. The second kappa shape index (κ2) is 7.31. The summed E-state index contributed by atoms with van der Waals surface area (Å²) in [4.78, 5) is 36.5. The van der Waals surface area contributed by atoms with Crippen LogP contribution in [0.3, 0.4) is 0 Å². The van der Waals surface area contributed by atoms with Crippen LogP contribution in [-0.4, -0.2) is 31.1 Å². The van der Waals surface area contributed by atoms with Crippen molar-refractivity contribution in [2.24, 2.45) is 0 Å². The second-order valence-electron chi connectivity index (χ2n) is 6.48. The number of amides is 1. The van der Waals surface area contributed by atoms with Gasteiger partial charge in [0, 0.05) is 22.6 Å². The highest BCUT2D eigenvalue weighted by atomic mass is 16.7. The first-order chi connectivity index (χ1) is 13.9. The quantitative estimate of drug-likeness (QED) is 0.521. The fourth-order valence-electron chi connectivity index (χ4n) is 3.09. The van der Waals surface area contributed by atoms with Gasteiger partial charge in [0.1, 0.15) is 5.58 Å². The molecule has 2 heterocycles. The van der Waals surface area contributed by atoms with Gasteiger partial charge < -0.3 is 23.9 Å². The van der Waals surface area contributed by atoms with E-state index in [2.05, 4.69) is 5.32 Å². The number of ether oxygens (including phenoxy) is 3. The van der Waals surface area contributed by atoms with E-state index in [1.165, 1.54) is 19.1 Å². The topological polar surface area (TPSA) is 104 Å². The zero-order valence-electron chi connectivity index (χ0n) is 15.7. The number of hydrogen-bond acceptors (Lipinski definition) is 7. The van der Waals surface area contributed by atoms with E-state index in [1.807, 2.05) is 12.1 Å². The zero-order valence-corrected chi connectivity index (χ0v) is 15.7. The van der Waals surface area contributed by atoms with E-state index >= 15 is 0 Å². The Kier molecular flexibility index (Phi) is 4.67. The van der Waals surface area contributed by atoms with Crippen molar-refractivity contribution < 1.29 is 33.0 Å². The first kappa shape index (κ1) is 18.5. The predicted octanol–water partition coefficient (Wildman–Crippen LogP) is 3.47. The smallest absolute Gasteiger partial charge is 0.375 e. The zero-order chi connectivity index (χ0) is 20.5. The number of anilines is 1. The Balaban J connectivity index is 1.46. The lowest BCUT2D eigenvalue weighted by Crippen LogP contribution is -2.22. The molecule has 1 aliphatic rings. The number of carbonyl (C=O) groups is 3. The van der Waals surface area contributed by atoms with E-state index in [4.69, 9.17) is 18.6 Å². The minimum atomic E-state index is -0.744. The Morgan fingerprint density at radius 2 is 1.83 bits per heavy atom. The standard InChI is InChI=1S/C21H17NO7/c1-11-13-5-3-4-6-16(13)29-20(11)21(25)26-9-19(24)22-15-8-18-17(27-10-28-18)7-14(15)12(2)23/h3-8H,9-10H2,1-2H3,(H,22,24). The molecular formula is C21H17NO7. The number of aryl methyl sites for hydroxylation is 1. The van der Waals surface area contributed by atoms with E-state index in [0.717, 1.165) is 5.39 Å². The molecule has 1 aromatic heterocycles. The van der Waals surface area contributed by atoms with Crippen molar-refractivity contribution in [3.05, 3.63) is 53.3 Å². The summed E-state index contributed by atoms with van der Waals surface area (Å²) in [6.45, 7) is 2.62. The van der Waals surface area contributed by atoms with Gasteiger partial charge in [-0.15, -0.1) is 0 Å². The van der Waals surface area contributed by atoms with Crippen molar-refractivity contribution in [1.82, 2.24) is 0 Å². The van der Waals surface area contributed by atoms with Crippen molar-refractivity contribution in [3.63, 3.8) is 0 Å². The third kappa shape index (κ3) is 3.52. The number of para-hydroxylation sites is 1. The molecule has 4 rings (SSSR count). The third-order valence-corrected chi connectivity index (χ3v) is 4.53. The van der Waals surface area contributed by atoms with Crippen LogP contribution in [0.4, 0.5) is 5.69 Å². The number of fused-ring (bicyclic) bond motifs is 2. The maximum atomic E-state index is 12.3. The van der Waals surface area contributed by atoms with Crippen molar-refractivity contribution in [1.29, 1.82) is 0 Å². The van der Waals surface area contributed by atoms with E-state index in [-0.39, 0.29) is 29.6 Å². The summed E-state index contributed by atoms with van der Waals surface area (Å²) in [5, 5.41) is 3.37. The van der Waals surface area contributed by atoms with Gasteiger partial charge in [-0.05, 0) is 26.0 Å². The largest absolute Gasteiger partial charge is 0.454 e. The number of furan rings is 1. The first-order valence-corrected chi connectivity index (χ1v) is 8.83. The molecule has 0 bridgehead atoms. The lowest BCUT2D eigenvalue weighted by Gasteiger charge is -2.10. The summed E-state index contributed by atoms with van der Waals surface area (Å²) in [7, 11) is 0. The Morgan fingerprint density at radius 1 is 1.10 bits per heavy atom. The second-order valence-corrected chi connectivity index (χ2v) is 6.48. The minimum Gasteiger partial charge on any atom is -0.454 e. The fraction of sp³-hybridized carbons (Fsp3) is 0.190. The minimum absolute atomic E-state index is 0.0402. The predicted molar refractivity (Wildman–Crippen MR) is 102 cm³/mol. The number of ketones is 1. The van der Waals surface area contributed by atoms with Crippen molar-refractivity contribution in [2.75, 3.05) is 18.7 Å². The van der Waals surface area contributed by atoms with E-state index in [0.29, 0.717) is 22.6 Å². The molecule has 0 saturated heterocycles. The molecule has 0 fully saturated rings. The first-order valence-electron chi connectivity index (χ1n) is 8.83. The molecule has 0 radical (unpaired) electrons. The Hall–Kier alpha value is -3.81. The van der Waals surface area contributed by atoms with Crippen LogP contribution in [-0.2, 0) is 9.53 Å². The molecule has 0 saturated carbocycles. The number of hydrogen-bond donors (Lipinski definition) is 1. The molecule has 1 aliphatic heterocycles. The summed E-state index contributed by atoms with van der Waals surface area (Å²) in [5.74, 6) is -0.708. The molecule has 0 aliphatic carbocycles. The molecule has 1 amide bonds. The van der Waals surface area contributed by atoms with Gasteiger partial charge in [0.25, 0.3) is 5.91 Å². The molecule has 0 unspecified atom stereocenters. The van der Waals surface area contributed by atoms with Gasteiger partial charge in [0.15, 0.2) is 23.9 Å². The van der Waals surface area contributed by atoms with Gasteiger partial charge in [-0.1, -0.05) is 18.2 Å². The number of esters is 1. The molecule has 1 N–H and O–H groups in total. The molecule has 3 aromatic rings. The van der Waals surface area contributed by atoms with Crippen molar-refractivity contribution in [2.45, 2.75) is 13.8 Å². The third-order valence-electron chi connectivity index (χ3n) is 4.53. The van der Waals surface area contributed by atoms with Crippen molar-refractivity contribution >= 4 is 34.3 Å². The van der Waals surface area contributed by atoms with Gasteiger partial charge in [-0.25, -0.2) is 4.79 Å². The van der Waals surface area contributed by atoms with Gasteiger partial charge in [-0.3, -0.25) is 9.59 Å². The average molecular weight is 395 g/mol.